The Morgan fingerprint density at radius 3 is 2.78 bits per heavy atom. The summed E-state index contributed by atoms with van der Waals surface area (Å²) in [5.74, 6) is 1.09. The second-order valence-electron chi connectivity index (χ2n) is 4.81. The Bertz CT molecular complexity index is 537. The highest BCUT2D eigenvalue weighted by molar-refractivity contribution is 9.09. The Hall–Kier alpha value is -1.09. The first kappa shape index (κ1) is 13.3. The number of rotatable bonds is 4. The lowest BCUT2D eigenvalue weighted by Crippen LogP contribution is -2.22. The molecule has 3 heteroatoms. The number of aryl methyl sites for hydroxylation is 1. The van der Waals surface area contributed by atoms with Gasteiger partial charge >= 0.3 is 0 Å². The minimum absolute atomic E-state index is 0.542. The molecule has 0 bridgehead atoms. The minimum atomic E-state index is 0.542. The summed E-state index contributed by atoms with van der Waals surface area (Å²) in [6.45, 7) is 5.32. The van der Waals surface area contributed by atoms with E-state index in [0.717, 1.165) is 24.3 Å². The van der Waals surface area contributed by atoms with Crippen molar-refractivity contribution < 1.29 is 0 Å². The van der Waals surface area contributed by atoms with Crippen LogP contribution in [0.15, 0.2) is 30.3 Å². The van der Waals surface area contributed by atoms with Crippen molar-refractivity contribution in [2.24, 2.45) is 0 Å². The molecule has 0 amide bonds. The van der Waals surface area contributed by atoms with Gasteiger partial charge in [-0.2, -0.15) is 0 Å². The highest BCUT2D eigenvalue weighted by atomic mass is 79.9. The van der Waals surface area contributed by atoms with E-state index in [-0.39, 0.29) is 0 Å². The molecule has 0 radical (unpaired) electrons. The lowest BCUT2D eigenvalue weighted by molar-refractivity contribution is 0.778. The van der Waals surface area contributed by atoms with Crippen LogP contribution in [0.5, 0.6) is 0 Å². The van der Waals surface area contributed by atoms with Crippen molar-refractivity contribution in [2.75, 3.05) is 18.5 Å². The van der Waals surface area contributed by atoms with Gasteiger partial charge in [0.15, 0.2) is 0 Å². The molecular weight excluding hydrogens is 288 g/mol. The molecule has 0 aliphatic carbocycles. The Kier molecular flexibility index (Phi) is 4.23. The van der Waals surface area contributed by atoms with Crippen LogP contribution in [-0.4, -0.2) is 23.4 Å². The maximum Gasteiger partial charge on any atom is 0.131 e. The number of hydrogen-bond donors (Lipinski definition) is 0. The highest BCUT2D eigenvalue weighted by Gasteiger charge is 2.09. The van der Waals surface area contributed by atoms with Crippen LogP contribution in [-0.2, 0) is 0 Å². The summed E-state index contributed by atoms with van der Waals surface area (Å²) >= 11 is 3.59. The van der Waals surface area contributed by atoms with Crippen LogP contribution in [0.2, 0.25) is 0 Å². The summed E-state index contributed by atoms with van der Waals surface area (Å²) in [4.78, 5) is 7.54. The number of pyridine rings is 1. The van der Waals surface area contributed by atoms with Crippen molar-refractivity contribution in [1.82, 2.24) is 4.98 Å². The SMILES string of the molecule is Cc1cc2ccccc2nc1N(C)CCC(C)Br. The molecule has 0 fully saturated rings. The third-order valence-electron chi connectivity index (χ3n) is 3.11. The molecule has 18 heavy (non-hydrogen) atoms. The number of aromatic nitrogens is 1. The minimum Gasteiger partial charge on any atom is -0.359 e. The first-order valence-corrected chi connectivity index (χ1v) is 7.21. The Labute approximate surface area is 117 Å². The van der Waals surface area contributed by atoms with Crippen LogP contribution in [0, 0.1) is 6.92 Å². The fraction of sp³-hybridized carbons (Fsp3) is 0.400. The largest absolute Gasteiger partial charge is 0.359 e. The molecule has 1 atom stereocenters. The number of anilines is 1. The van der Waals surface area contributed by atoms with E-state index < -0.39 is 0 Å². The number of hydrogen-bond acceptors (Lipinski definition) is 2. The third-order valence-corrected chi connectivity index (χ3v) is 3.57. The molecule has 96 valence electrons. The number of halogens is 1. The van der Waals surface area contributed by atoms with Gasteiger partial charge in [0.1, 0.15) is 5.82 Å². The van der Waals surface area contributed by atoms with Gasteiger partial charge in [0.05, 0.1) is 5.52 Å². The predicted molar refractivity (Wildman–Crippen MR) is 82.8 cm³/mol. The molecule has 1 aromatic carbocycles. The molecule has 2 aromatic rings. The van der Waals surface area contributed by atoms with Crippen molar-refractivity contribution >= 4 is 32.7 Å². The lowest BCUT2D eigenvalue weighted by Gasteiger charge is -2.21. The fourth-order valence-corrected chi connectivity index (χ4v) is 2.28. The van der Waals surface area contributed by atoms with Gasteiger partial charge in [-0.05, 0) is 31.0 Å². The van der Waals surface area contributed by atoms with Crippen molar-refractivity contribution in [3.63, 3.8) is 0 Å². The standard InChI is InChI=1S/C15H19BrN2/c1-11-10-13-6-4-5-7-14(13)17-15(11)18(3)9-8-12(2)16/h4-7,10,12H,8-9H2,1-3H3. The van der Waals surface area contributed by atoms with E-state index in [0.29, 0.717) is 4.83 Å². The summed E-state index contributed by atoms with van der Waals surface area (Å²) in [6, 6.07) is 10.5. The number of benzene rings is 1. The molecule has 0 aliphatic heterocycles. The number of para-hydroxylation sites is 1. The Morgan fingerprint density at radius 2 is 2.06 bits per heavy atom. The average molecular weight is 307 g/mol. The first-order valence-electron chi connectivity index (χ1n) is 6.29. The summed E-state index contributed by atoms with van der Waals surface area (Å²) in [5, 5.41) is 1.21. The third kappa shape index (κ3) is 3.02. The highest BCUT2D eigenvalue weighted by Crippen LogP contribution is 2.22. The molecule has 1 unspecified atom stereocenters. The van der Waals surface area contributed by atoms with Gasteiger partial charge in [-0.1, -0.05) is 41.1 Å². The maximum absolute atomic E-state index is 4.76. The van der Waals surface area contributed by atoms with E-state index >= 15 is 0 Å². The van der Waals surface area contributed by atoms with E-state index in [1.54, 1.807) is 0 Å². The van der Waals surface area contributed by atoms with E-state index in [1.165, 1.54) is 10.9 Å². The topological polar surface area (TPSA) is 16.1 Å². The normalized spacial score (nSPS) is 12.7. The van der Waals surface area contributed by atoms with Gasteiger partial charge in [0.25, 0.3) is 0 Å². The van der Waals surface area contributed by atoms with Crippen LogP contribution in [0.25, 0.3) is 10.9 Å². The van der Waals surface area contributed by atoms with Gasteiger partial charge in [0, 0.05) is 23.8 Å². The maximum atomic E-state index is 4.76. The summed E-state index contributed by atoms with van der Waals surface area (Å²) in [5.41, 5.74) is 2.30. The zero-order valence-corrected chi connectivity index (χ0v) is 12.7. The van der Waals surface area contributed by atoms with E-state index in [9.17, 15) is 0 Å². The van der Waals surface area contributed by atoms with Crippen molar-refractivity contribution in [2.45, 2.75) is 25.1 Å². The monoisotopic (exact) mass is 306 g/mol. The first-order chi connectivity index (χ1) is 8.58. The van der Waals surface area contributed by atoms with Gasteiger partial charge in [-0.15, -0.1) is 0 Å². The molecule has 0 saturated heterocycles. The second kappa shape index (κ2) is 5.70. The lowest BCUT2D eigenvalue weighted by atomic mass is 10.1. The molecule has 1 aromatic heterocycles. The zero-order valence-electron chi connectivity index (χ0n) is 11.2. The summed E-state index contributed by atoms with van der Waals surface area (Å²) in [7, 11) is 2.11. The fourth-order valence-electron chi connectivity index (χ4n) is 2.08. The predicted octanol–water partition coefficient (Wildman–Crippen LogP) is 4.15. The van der Waals surface area contributed by atoms with Gasteiger partial charge in [-0.25, -0.2) is 4.98 Å². The van der Waals surface area contributed by atoms with Gasteiger partial charge in [-0.3, -0.25) is 0 Å². The second-order valence-corrected chi connectivity index (χ2v) is 6.38. The van der Waals surface area contributed by atoms with Crippen LogP contribution < -0.4 is 4.90 Å². The Morgan fingerprint density at radius 1 is 1.33 bits per heavy atom. The summed E-state index contributed by atoms with van der Waals surface area (Å²) < 4.78 is 0. The van der Waals surface area contributed by atoms with Crippen LogP contribution >= 0.6 is 15.9 Å². The molecule has 1 heterocycles. The molecule has 0 spiro atoms. The zero-order chi connectivity index (χ0) is 13.1. The number of nitrogens with zero attached hydrogens (tertiary/aromatic N) is 2. The van der Waals surface area contributed by atoms with E-state index in [2.05, 4.69) is 66.0 Å². The molecule has 0 aliphatic rings. The molecule has 0 saturated carbocycles. The van der Waals surface area contributed by atoms with Gasteiger partial charge in [0.2, 0.25) is 0 Å². The van der Waals surface area contributed by atoms with Crippen LogP contribution in [0.1, 0.15) is 18.9 Å². The quantitative estimate of drug-likeness (QED) is 0.789. The van der Waals surface area contributed by atoms with Crippen molar-refractivity contribution in [1.29, 1.82) is 0 Å². The van der Waals surface area contributed by atoms with Crippen LogP contribution in [0.3, 0.4) is 0 Å². The molecule has 2 nitrogen and oxygen atoms in total. The molecular formula is C15H19BrN2. The Balaban J connectivity index is 2.29. The number of fused-ring (bicyclic) bond motifs is 1. The average Bonchev–Trinajstić information content (AvgIpc) is 2.35. The smallest absolute Gasteiger partial charge is 0.131 e. The van der Waals surface area contributed by atoms with Crippen molar-refractivity contribution in [3.05, 3.63) is 35.9 Å². The van der Waals surface area contributed by atoms with E-state index in [4.69, 9.17) is 4.98 Å². The van der Waals surface area contributed by atoms with Crippen LogP contribution in [0.4, 0.5) is 5.82 Å². The van der Waals surface area contributed by atoms with E-state index in [1.807, 2.05) is 6.07 Å². The summed E-state index contributed by atoms with van der Waals surface area (Å²) in [6.07, 6.45) is 1.12. The molecule has 0 N–H and O–H groups in total. The number of alkyl halides is 1. The molecule has 2 rings (SSSR count). The van der Waals surface area contributed by atoms with Crippen molar-refractivity contribution in [3.8, 4) is 0 Å². The van der Waals surface area contributed by atoms with Gasteiger partial charge < -0.3 is 4.90 Å².